The van der Waals surface area contributed by atoms with E-state index in [2.05, 4.69) is 36.4 Å². The fourth-order valence-corrected chi connectivity index (χ4v) is 2.10. The van der Waals surface area contributed by atoms with E-state index in [1.807, 2.05) is 0 Å². The van der Waals surface area contributed by atoms with Crippen molar-refractivity contribution in [2.45, 2.75) is 39.7 Å². The molecular weight excluding hydrogens is 262 g/mol. The zero-order valence-corrected chi connectivity index (χ0v) is 12.3. The molecule has 2 rings (SSSR count). The molecule has 1 aliphatic rings. The third kappa shape index (κ3) is 3.38. The maximum absolute atomic E-state index is 12.2. The molecule has 0 bridgehead atoms. The summed E-state index contributed by atoms with van der Waals surface area (Å²) in [6.07, 6.45) is 3.54. The van der Waals surface area contributed by atoms with Crippen LogP contribution in [-0.4, -0.2) is 23.5 Å². The molecule has 19 heavy (non-hydrogen) atoms. The van der Waals surface area contributed by atoms with Gasteiger partial charge in [0.25, 0.3) is 5.91 Å². The fraction of sp³-hybridized carbons (Fsp3) is 0.571. The van der Waals surface area contributed by atoms with Crippen molar-refractivity contribution in [3.05, 3.63) is 22.8 Å². The number of nitrogens with zero attached hydrogens (tertiary/aromatic N) is 1. The molecular formula is C14H20ClN3O. The number of rotatable bonds is 5. The van der Waals surface area contributed by atoms with Gasteiger partial charge < -0.3 is 10.6 Å². The maximum Gasteiger partial charge on any atom is 0.253 e. The molecule has 4 nitrogen and oxygen atoms in total. The summed E-state index contributed by atoms with van der Waals surface area (Å²) in [7, 11) is 0. The van der Waals surface area contributed by atoms with Crippen LogP contribution in [0.25, 0.3) is 0 Å². The van der Waals surface area contributed by atoms with E-state index in [-0.39, 0.29) is 17.4 Å². The third-order valence-corrected chi connectivity index (χ3v) is 3.78. The van der Waals surface area contributed by atoms with Gasteiger partial charge in [-0.15, -0.1) is 0 Å². The van der Waals surface area contributed by atoms with E-state index in [4.69, 9.17) is 11.6 Å². The minimum absolute atomic E-state index is 0.123. The van der Waals surface area contributed by atoms with Crippen molar-refractivity contribution >= 4 is 23.3 Å². The third-order valence-electron chi connectivity index (χ3n) is 3.47. The Hall–Kier alpha value is -1.29. The van der Waals surface area contributed by atoms with Gasteiger partial charge >= 0.3 is 0 Å². The van der Waals surface area contributed by atoms with Crippen molar-refractivity contribution in [1.29, 1.82) is 0 Å². The van der Waals surface area contributed by atoms with Crippen LogP contribution < -0.4 is 10.6 Å². The molecule has 1 aromatic heterocycles. The summed E-state index contributed by atoms with van der Waals surface area (Å²) in [5.41, 5.74) is 0.691. The number of nitrogens with one attached hydrogen (secondary N) is 2. The van der Waals surface area contributed by atoms with Gasteiger partial charge in [-0.3, -0.25) is 4.79 Å². The monoisotopic (exact) mass is 281 g/mol. The lowest BCUT2D eigenvalue weighted by Crippen LogP contribution is -2.28. The van der Waals surface area contributed by atoms with Gasteiger partial charge in [-0.2, -0.15) is 0 Å². The Kier molecular flexibility index (Phi) is 3.99. The minimum Gasteiger partial charge on any atom is -0.370 e. The minimum atomic E-state index is -0.123. The summed E-state index contributed by atoms with van der Waals surface area (Å²) in [5.74, 6) is 0.564. The van der Waals surface area contributed by atoms with E-state index in [1.165, 1.54) is 6.20 Å². The van der Waals surface area contributed by atoms with E-state index in [9.17, 15) is 4.79 Å². The van der Waals surface area contributed by atoms with Crippen molar-refractivity contribution in [3.8, 4) is 0 Å². The largest absolute Gasteiger partial charge is 0.370 e. The number of pyridine rings is 1. The highest BCUT2D eigenvalue weighted by atomic mass is 35.5. The molecule has 0 saturated heterocycles. The van der Waals surface area contributed by atoms with Gasteiger partial charge in [-0.25, -0.2) is 4.98 Å². The van der Waals surface area contributed by atoms with Crippen molar-refractivity contribution < 1.29 is 4.79 Å². The highest BCUT2D eigenvalue weighted by Gasteiger charge is 2.46. The van der Waals surface area contributed by atoms with Gasteiger partial charge in [0.05, 0.1) is 10.6 Å². The molecule has 5 heteroatoms. The predicted molar refractivity (Wildman–Crippen MR) is 77.7 cm³/mol. The van der Waals surface area contributed by atoms with Gasteiger partial charge in [-0.1, -0.05) is 32.4 Å². The number of halogens is 1. The first-order valence-corrected chi connectivity index (χ1v) is 7.02. The molecule has 1 unspecified atom stereocenters. The molecule has 2 N–H and O–H groups in total. The summed E-state index contributed by atoms with van der Waals surface area (Å²) >= 11 is 6.05. The second-order valence-corrected chi connectivity index (χ2v) is 6.10. The van der Waals surface area contributed by atoms with Crippen molar-refractivity contribution in [1.82, 2.24) is 10.3 Å². The van der Waals surface area contributed by atoms with E-state index in [1.54, 1.807) is 6.07 Å². The molecule has 0 aromatic carbocycles. The van der Waals surface area contributed by atoms with Gasteiger partial charge in [0.1, 0.15) is 5.82 Å². The summed E-state index contributed by atoms with van der Waals surface area (Å²) in [6, 6.07) is 1.96. The van der Waals surface area contributed by atoms with Crippen LogP contribution >= 0.6 is 11.6 Å². The van der Waals surface area contributed by atoms with Crippen molar-refractivity contribution in [2.24, 2.45) is 5.41 Å². The number of aromatic nitrogens is 1. The first kappa shape index (κ1) is 14.1. The van der Waals surface area contributed by atoms with Crippen LogP contribution in [0.3, 0.4) is 0 Å². The van der Waals surface area contributed by atoms with Gasteiger partial charge in [0.2, 0.25) is 0 Å². The SMILES string of the molecule is CCCNc1cc(C(=O)NC2CC2(C)C)c(Cl)cn1. The Morgan fingerprint density at radius 1 is 1.58 bits per heavy atom. The normalized spacial score (nSPS) is 19.9. The van der Waals surface area contributed by atoms with E-state index in [0.717, 1.165) is 19.4 Å². The lowest BCUT2D eigenvalue weighted by Gasteiger charge is -2.10. The molecule has 1 fully saturated rings. The quantitative estimate of drug-likeness (QED) is 0.872. The predicted octanol–water partition coefficient (Wildman–Crippen LogP) is 3.09. The molecule has 0 spiro atoms. The van der Waals surface area contributed by atoms with Crippen molar-refractivity contribution in [3.63, 3.8) is 0 Å². The molecule has 1 aliphatic carbocycles. The maximum atomic E-state index is 12.2. The first-order chi connectivity index (χ1) is 8.94. The number of anilines is 1. The lowest BCUT2D eigenvalue weighted by molar-refractivity contribution is 0.0946. The van der Waals surface area contributed by atoms with Gasteiger partial charge in [0, 0.05) is 18.8 Å². The van der Waals surface area contributed by atoms with Crippen LogP contribution in [0.5, 0.6) is 0 Å². The standard InChI is InChI=1S/C14H20ClN3O/c1-4-5-16-12-6-9(10(15)8-17-12)13(19)18-11-7-14(11,2)3/h6,8,11H,4-5,7H2,1-3H3,(H,16,17)(H,18,19). The highest BCUT2D eigenvalue weighted by molar-refractivity contribution is 6.33. The molecule has 1 saturated carbocycles. The summed E-state index contributed by atoms with van der Waals surface area (Å²) < 4.78 is 0. The summed E-state index contributed by atoms with van der Waals surface area (Å²) in [4.78, 5) is 16.3. The zero-order valence-electron chi connectivity index (χ0n) is 11.6. The smallest absolute Gasteiger partial charge is 0.253 e. The molecule has 0 aliphatic heterocycles. The number of amides is 1. The second kappa shape index (κ2) is 5.37. The van der Waals surface area contributed by atoms with Crippen LogP contribution in [0.2, 0.25) is 5.02 Å². The fourth-order valence-electron chi connectivity index (χ4n) is 1.91. The van der Waals surface area contributed by atoms with Crippen LogP contribution in [0, 0.1) is 5.41 Å². The molecule has 1 heterocycles. The number of hydrogen-bond acceptors (Lipinski definition) is 3. The van der Waals surface area contributed by atoms with Gasteiger partial charge in [0.15, 0.2) is 0 Å². The highest BCUT2D eigenvalue weighted by Crippen LogP contribution is 2.44. The van der Waals surface area contributed by atoms with E-state index >= 15 is 0 Å². The zero-order chi connectivity index (χ0) is 14.0. The number of carbonyl (C=O) groups excluding carboxylic acids is 1. The Balaban J connectivity index is 2.07. The van der Waals surface area contributed by atoms with Gasteiger partial charge in [-0.05, 0) is 24.3 Å². The Morgan fingerprint density at radius 2 is 2.26 bits per heavy atom. The van der Waals surface area contributed by atoms with E-state index in [0.29, 0.717) is 16.4 Å². The molecule has 0 radical (unpaired) electrons. The Morgan fingerprint density at radius 3 is 2.84 bits per heavy atom. The number of carbonyl (C=O) groups is 1. The number of hydrogen-bond donors (Lipinski definition) is 2. The van der Waals surface area contributed by atoms with Crippen LogP contribution in [0.15, 0.2) is 12.3 Å². The first-order valence-electron chi connectivity index (χ1n) is 6.64. The average Bonchev–Trinajstić information content (AvgIpc) is 2.95. The van der Waals surface area contributed by atoms with E-state index < -0.39 is 0 Å². The molecule has 1 amide bonds. The van der Waals surface area contributed by atoms with Crippen LogP contribution in [0.1, 0.15) is 44.0 Å². The topological polar surface area (TPSA) is 54.0 Å². The Bertz CT molecular complexity index is 488. The summed E-state index contributed by atoms with van der Waals surface area (Å²) in [6.45, 7) is 7.18. The Labute approximate surface area is 118 Å². The lowest BCUT2D eigenvalue weighted by atomic mass is 10.2. The van der Waals surface area contributed by atoms with Crippen LogP contribution in [0.4, 0.5) is 5.82 Å². The summed E-state index contributed by atoms with van der Waals surface area (Å²) in [5, 5.41) is 6.54. The van der Waals surface area contributed by atoms with Crippen molar-refractivity contribution in [2.75, 3.05) is 11.9 Å². The second-order valence-electron chi connectivity index (χ2n) is 5.69. The molecule has 104 valence electrons. The molecule has 1 atom stereocenters. The average molecular weight is 282 g/mol. The van der Waals surface area contributed by atoms with Crippen LogP contribution in [-0.2, 0) is 0 Å². The molecule has 1 aromatic rings.